The molecule has 0 amide bonds. The van der Waals surface area contributed by atoms with Crippen molar-refractivity contribution in [1.82, 2.24) is 5.32 Å². The lowest BCUT2D eigenvalue weighted by atomic mass is 9.79. The van der Waals surface area contributed by atoms with Gasteiger partial charge >= 0.3 is 0 Å². The highest BCUT2D eigenvalue weighted by molar-refractivity contribution is 5.45. The summed E-state index contributed by atoms with van der Waals surface area (Å²) in [6.07, 6.45) is 4.95. The monoisotopic (exact) mass is 291 g/mol. The van der Waals surface area contributed by atoms with Gasteiger partial charge in [-0.1, -0.05) is 18.9 Å². The molecule has 0 saturated heterocycles. The number of rotatable bonds is 5. The Morgan fingerprint density at radius 1 is 1.19 bits per heavy atom. The van der Waals surface area contributed by atoms with Crippen molar-refractivity contribution in [2.75, 3.05) is 19.9 Å². The Kier molecular flexibility index (Phi) is 4.66. The van der Waals surface area contributed by atoms with Crippen molar-refractivity contribution in [3.05, 3.63) is 23.8 Å². The zero-order chi connectivity index (χ0) is 14.7. The van der Waals surface area contributed by atoms with E-state index in [1.165, 1.54) is 31.2 Å². The third-order valence-corrected chi connectivity index (χ3v) is 4.88. The molecule has 0 bridgehead atoms. The van der Waals surface area contributed by atoms with E-state index >= 15 is 0 Å². The van der Waals surface area contributed by atoms with Gasteiger partial charge in [-0.25, -0.2) is 0 Å². The minimum absolute atomic E-state index is 0.278. The minimum atomic E-state index is 0.278. The molecule has 1 fully saturated rings. The van der Waals surface area contributed by atoms with E-state index in [9.17, 15) is 5.11 Å². The molecule has 3 atom stereocenters. The first-order valence-electron chi connectivity index (χ1n) is 8.01. The maximum Gasteiger partial charge on any atom is 0.231 e. The van der Waals surface area contributed by atoms with Crippen LogP contribution in [0, 0.1) is 11.8 Å². The van der Waals surface area contributed by atoms with E-state index in [-0.39, 0.29) is 6.04 Å². The average Bonchev–Trinajstić information content (AvgIpc) is 3.00. The van der Waals surface area contributed by atoms with Crippen LogP contribution in [-0.2, 0) is 0 Å². The molecule has 2 N–H and O–H groups in total. The number of aliphatic hydroxyl groups is 1. The van der Waals surface area contributed by atoms with Crippen molar-refractivity contribution in [1.29, 1.82) is 0 Å². The Morgan fingerprint density at radius 3 is 2.76 bits per heavy atom. The van der Waals surface area contributed by atoms with Gasteiger partial charge in [-0.05, 0) is 55.8 Å². The topological polar surface area (TPSA) is 50.7 Å². The van der Waals surface area contributed by atoms with Crippen LogP contribution in [0.15, 0.2) is 18.2 Å². The van der Waals surface area contributed by atoms with Gasteiger partial charge in [-0.15, -0.1) is 0 Å². The van der Waals surface area contributed by atoms with Gasteiger partial charge in [-0.2, -0.15) is 0 Å². The number of benzene rings is 1. The normalized spacial score (nSPS) is 25.8. The van der Waals surface area contributed by atoms with Crippen molar-refractivity contribution in [2.24, 2.45) is 11.8 Å². The Morgan fingerprint density at radius 2 is 1.95 bits per heavy atom. The fourth-order valence-corrected chi connectivity index (χ4v) is 3.42. The molecular formula is C17H25NO3. The molecule has 116 valence electrons. The smallest absolute Gasteiger partial charge is 0.231 e. The summed E-state index contributed by atoms with van der Waals surface area (Å²) in [4.78, 5) is 0. The molecule has 0 aromatic heterocycles. The van der Waals surface area contributed by atoms with Crippen LogP contribution in [0.4, 0.5) is 0 Å². The molecule has 4 nitrogen and oxygen atoms in total. The summed E-state index contributed by atoms with van der Waals surface area (Å²) in [6, 6.07) is 6.41. The van der Waals surface area contributed by atoms with Crippen LogP contribution in [0.25, 0.3) is 0 Å². The fourth-order valence-electron chi connectivity index (χ4n) is 3.42. The molecule has 1 aliphatic carbocycles. The second-order valence-electron chi connectivity index (χ2n) is 6.23. The third kappa shape index (κ3) is 3.33. The van der Waals surface area contributed by atoms with Crippen molar-refractivity contribution in [2.45, 2.75) is 38.6 Å². The summed E-state index contributed by atoms with van der Waals surface area (Å²) >= 11 is 0. The van der Waals surface area contributed by atoms with E-state index in [1.807, 2.05) is 6.07 Å². The molecule has 1 saturated carbocycles. The molecule has 3 rings (SSSR count). The molecule has 3 unspecified atom stereocenters. The zero-order valence-corrected chi connectivity index (χ0v) is 12.7. The first-order valence-corrected chi connectivity index (χ1v) is 8.01. The Bertz CT molecular complexity index is 477. The highest BCUT2D eigenvalue weighted by Gasteiger charge is 2.25. The van der Waals surface area contributed by atoms with E-state index in [4.69, 9.17) is 9.47 Å². The number of hydrogen-bond acceptors (Lipinski definition) is 4. The second kappa shape index (κ2) is 6.67. The summed E-state index contributed by atoms with van der Waals surface area (Å²) in [5, 5.41) is 13.1. The van der Waals surface area contributed by atoms with Gasteiger partial charge in [-0.3, -0.25) is 0 Å². The summed E-state index contributed by atoms with van der Waals surface area (Å²) in [5.41, 5.74) is 1.22. The lowest BCUT2D eigenvalue weighted by Gasteiger charge is -2.31. The van der Waals surface area contributed by atoms with Crippen LogP contribution in [0.1, 0.15) is 44.2 Å². The Hall–Kier alpha value is -1.26. The summed E-state index contributed by atoms with van der Waals surface area (Å²) in [7, 11) is 0. The Balaban J connectivity index is 1.57. The molecule has 1 aliphatic heterocycles. The molecular weight excluding hydrogens is 266 g/mol. The van der Waals surface area contributed by atoms with Gasteiger partial charge < -0.3 is 19.9 Å². The quantitative estimate of drug-likeness (QED) is 0.876. The molecule has 0 radical (unpaired) electrons. The van der Waals surface area contributed by atoms with E-state index < -0.39 is 0 Å². The summed E-state index contributed by atoms with van der Waals surface area (Å²) in [5.74, 6) is 2.74. The zero-order valence-electron chi connectivity index (χ0n) is 12.7. The predicted octanol–water partition coefficient (Wildman–Crippen LogP) is 2.86. The van der Waals surface area contributed by atoms with Crippen molar-refractivity contribution < 1.29 is 14.6 Å². The highest BCUT2D eigenvalue weighted by Crippen LogP contribution is 2.34. The summed E-state index contributed by atoms with van der Waals surface area (Å²) < 4.78 is 10.8. The Labute approximate surface area is 126 Å². The van der Waals surface area contributed by atoms with Crippen LogP contribution in [0.3, 0.4) is 0 Å². The van der Waals surface area contributed by atoms with Crippen LogP contribution in [0.2, 0.25) is 0 Å². The molecule has 1 heterocycles. The first-order chi connectivity index (χ1) is 10.3. The number of fused-ring (bicyclic) bond motifs is 1. The second-order valence-corrected chi connectivity index (χ2v) is 6.23. The lowest BCUT2D eigenvalue weighted by molar-refractivity contribution is 0.131. The molecule has 4 heteroatoms. The SMILES string of the molecule is CC(NCC1CCCCC1CO)c1ccc2c(c1)OCO2. The number of hydrogen-bond donors (Lipinski definition) is 2. The average molecular weight is 291 g/mol. The molecule has 21 heavy (non-hydrogen) atoms. The minimum Gasteiger partial charge on any atom is -0.454 e. The molecule has 0 spiro atoms. The summed E-state index contributed by atoms with van der Waals surface area (Å²) in [6.45, 7) is 3.79. The maximum atomic E-state index is 9.49. The van der Waals surface area contributed by atoms with Gasteiger partial charge in [0.2, 0.25) is 6.79 Å². The van der Waals surface area contributed by atoms with E-state index in [1.54, 1.807) is 0 Å². The van der Waals surface area contributed by atoms with Crippen molar-refractivity contribution >= 4 is 0 Å². The van der Waals surface area contributed by atoms with Gasteiger partial charge in [0.1, 0.15) is 0 Å². The largest absolute Gasteiger partial charge is 0.454 e. The van der Waals surface area contributed by atoms with Crippen molar-refractivity contribution in [3.8, 4) is 11.5 Å². The number of aliphatic hydroxyl groups excluding tert-OH is 1. The maximum absolute atomic E-state index is 9.49. The van der Waals surface area contributed by atoms with Crippen LogP contribution in [0.5, 0.6) is 11.5 Å². The van der Waals surface area contributed by atoms with E-state index in [0.29, 0.717) is 25.2 Å². The van der Waals surface area contributed by atoms with Gasteiger partial charge in [0.15, 0.2) is 11.5 Å². The lowest BCUT2D eigenvalue weighted by Crippen LogP contribution is -2.33. The molecule has 2 aliphatic rings. The van der Waals surface area contributed by atoms with Crippen LogP contribution < -0.4 is 14.8 Å². The van der Waals surface area contributed by atoms with E-state index in [2.05, 4.69) is 24.4 Å². The predicted molar refractivity (Wildman–Crippen MR) is 81.5 cm³/mol. The standard InChI is InChI=1S/C17H25NO3/c1-12(13-6-7-16-17(8-13)21-11-20-16)18-9-14-4-2-3-5-15(14)10-19/h6-8,12,14-15,18-19H,2-5,9-11H2,1H3. The van der Waals surface area contributed by atoms with Gasteiger partial charge in [0.05, 0.1) is 0 Å². The van der Waals surface area contributed by atoms with Crippen LogP contribution >= 0.6 is 0 Å². The highest BCUT2D eigenvalue weighted by atomic mass is 16.7. The molecule has 1 aromatic rings. The first kappa shape index (κ1) is 14.7. The van der Waals surface area contributed by atoms with Crippen molar-refractivity contribution in [3.63, 3.8) is 0 Å². The van der Waals surface area contributed by atoms with Gasteiger partial charge in [0, 0.05) is 12.6 Å². The molecule has 1 aromatic carbocycles. The van der Waals surface area contributed by atoms with Crippen LogP contribution in [-0.4, -0.2) is 25.1 Å². The fraction of sp³-hybridized carbons (Fsp3) is 0.647. The number of nitrogens with one attached hydrogen (secondary N) is 1. The van der Waals surface area contributed by atoms with Gasteiger partial charge in [0.25, 0.3) is 0 Å². The number of ether oxygens (including phenoxy) is 2. The van der Waals surface area contributed by atoms with E-state index in [0.717, 1.165) is 18.0 Å². The third-order valence-electron chi connectivity index (χ3n) is 4.88.